The molecule has 0 aromatic heterocycles. The van der Waals surface area contributed by atoms with Crippen LogP contribution in [0.25, 0.3) is 0 Å². The molecule has 0 heterocycles. The molecule has 0 radical (unpaired) electrons. The average molecular weight is 296 g/mol. The van der Waals surface area contributed by atoms with Crippen molar-refractivity contribution in [2.75, 3.05) is 6.61 Å². The molecule has 2 rings (SSSR count). The Hall–Kier alpha value is -2.62. The number of nitrogens with one attached hydrogen (secondary N) is 1. The highest BCUT2D eigenvalue weighted by molar-refractivity contribution is 5.83. The fraction of sp³-hybridized carbons (Fsp3) is 0.222. The highest BCUT2D eigenvalue weighted by Crippen LogP contribution is 2.11. The van der Waals surface area contributed by atoms with E-state index in [1.807, 2.05) is 54.6 Å². The van der Waals surface area contributed by atoms with Crippen LogP contribution in [-0.2, 0) is 11.2 Å². The molecule has 0 bridgehead atoms. The zero-order valence-corrected chi connectivity index (χ0v) is 12.7. The molecule has 1 amide bonds. The molecule has 0 fully saturated rings. The van der Waals surface area contributed by atoms with Gasteiger partial charge in [-0.05, 0) is 41.8 Å². The van der Waals surface area contributed by atoms with Crippen LogP contribution in [0, 0.1) is 0 Å². The summed E-state index contributed by atoms with van der Waals surface area (Å²) in [5.74, 6) is 0.706. The predicted molar refractivity (Wildman–Crippen MR) is 88.1 cm³/mol. The first-order valence-corrected chi connectivity index (χ1v) is 7.36. The Bertz CT molecular complexity index is 607. The normalized spacial score (nSPS) is 10.6. The number of benzene rings is 2. The van der Waals surface area contributed by atoms with Crippen molar-refractivity contribution in [2.24, 2.45) is 5.10 Å². The molecule has 0 unspecified atom stereocenters. The van der Waals surface area contributed by atoms with Crippen molar-refractivity contribution in [3.05, 3.63) is 65.7 Å². The number of carbonyl (C=O) groups excluding carboxylic acids is 1. The van der Waals surface area contributed by atoms with Gasteiger partial charge >= 0.3 is 0 Å². The van der Waals surface area contributed by atoms with Crippen LogP contribution >= 0.6 is 0 Å². The lowest BCUT2D eigenvalue weighted by atomic mass is 10.1. The summed E-state index contributed by atoms with van der Waals surface area (Å²) >= 11 is 0. The van der Waals surface area contributed by atoms with Crippen LogP contribution in [0.1, 0.15) is 24.5 Å². The van der Waals surface area contributed by atoms with Crippen LogP contribution in [0.15, 0.2) is 59.7 Å². The molecule has 4 nitrogen and oxygen atoms in total. The van der Waals surface area contributed by atoms with Gasteiger partial charge < -0.3 is 4.74 Å². The zero-order valence-electron chi connectivity index (χ0n) is 12.7. The minimum atomic E-state index is -0.134. The summed E-state index contributed by atoms with van der Waals surface area (Å²) in [6.45, 7) is 2.78. The molecule has 0 saturated heterocycles. The number of amides is 1. The van der Waals surface area contributed by atoms with Gasteiger partial charge in [0.1, 0.15) is 5.75 Å². The van der Waals surface area contributed by atoms with Gasteiger partial charge in [0.25, 0.3) is 0 Å². The van der Waals surface area contributed by atoms with Gasteiger partial charge in [0.15, 0.2) is 0 Å². The van der Waals surface area contributed by atoms with E-state index in [0.29, 0.717) is 13.0 Å². The Morgan fingerprint density at radius 3 is 2.55 bits per heavy atom. The Labute approximate surface area is 130 Å². The van der Waals surface area contributed by atoms with Crippen LogP contribution in [0.2, 0.25) is 0 Å². The van der Waals surface area contributed by atoms with Crippen molar-refractivity contribution >= 4 is 12.1 Å². The van der Waals surface area contributed by atoms with Gasteiger partial charge in [0.05, 0.1) is 19.2 Å². The first-order valence-electron chi connectivity index (χ1n) is 7.36. The fourth-order valence-corrected chi connectivity index (χ4v) is 1.87. The summed E-state index contributed by atoms with van der Waals surface area (Å²) in [6, 6.07) is 17.2. The Morgan fingerprint density at radius 2 is 1.86 bits per heavy atom. The van der Waals surface area contributed by atoms with Gasteiger partial charge in [-0.25, -0.2) is 5.43 Å². The second-order valence-corrected chi connectivity index (χ2v) is 4.87. The van der Waals surface area contributed by atoms with Crippen molar-refractivity contribution in [3.63, 3.8) is 0 Å². The maximum Gasteiger partial charge on any atom is 0.244 e. The van der Waals surface area contributed by atoms with Crippen LogP contribution < -0.4 is 10.2 Å². The second-order valence-electron chi connectivity index (χ2n) is 4.87. The van der Waals surface area contributed by atoms with E-state index in [9.17, 15) is 4.79 Å². The quantitative estimate of drug-likeness (QED) is 0.630. The van der Waals surface area contributed by atoms with Crippen LogP contribution in [0.4, 0.5) is 0 Å². The fourth-order valence-electron chi connectivity index (χ4n) is 1.87. The Balaban J connectivity index is 1.80. The predicted octanol–water partition coefficient (Wildman–Crippen LogP) is 3.17. The smallest absolute Gasteiger partial charge is 0.244 e. The Morgan fingerprint density at radius 1 is 1.14 bits per heavy atom. The van der Waals surface area contributed by atoms with E-state index in [1.165, 1.54) is 0 Å². The third-order valence-corrected chi connectivity index (χ3v) is 2.96. The summed E-state index contributed by atoms with van der Waals surface area (Å²) in [7, 11) is 0. The molecule has 2 aromatic carbocycles. The van der Waals surface area contributed by atoms with Gasteiger partial charge in [-0.1, -0.05) is 37.3 Å². The first kappa shape index (κ1) is 15.8. The third kappa shape index (κ3) is 5.40. The lowest BCUT2D eigenvalue weighted by molar-refractivity contribution is -0.120. The van der Waals surface area contributed by atoms with Gasteiger partial charge in [0.2, 0.25) is 5.91 Å². The first-order chi connectivity index (χ1) is 10.8. The van der Waals surface area contributed by atoms with Crippen molar-refractivity contribution in [1.29, 1.82) is 0 Å². The van der Waals surface area contributed by atoms with E-state index in [4.69, 9.17) is 4.74 Å². The monoisotopic (exact) mass is 296 g/mol. The molecule has 0 atom stereocenters. The van der Waals surface area contributed by atoms with E-state index < -0.39 is 0 Å². The molecule has 0 aliphatic carbocycles. The van der Waals surface area contributed by atoms with Gasteiger partial charge in [0, 0.05) is 0 Å². The van der Waals surface area contributed by atoms with Crippen LogP contribution in [-0.4, -0.2) is 18.7 Å². The van der Waals surface area contributed by atoms with Crippen molar-refractivity contribution in [2.45, 2.75) is 19.8 Å². The number of hydrogen-bond acceptors (Lipinski definition) is 3. The van der Waals surface area contributed by atoms with E-state index in [-0.39, 0.29) is 5.91 Å². The standard InChI is InChI=1S/C18H20N2O2/c1-2-12-22-17-10-8-16(9-11-17)14-19-20-18(21)13-15-6-4-3-5-7-15/h3-11,14H,2,12-13H2,1H3,(H,20,21)/b19-14+. The number of rotatable bonds is 7. The molecule has 1 N–H and O–H groups in total. The molecule has 0 aliphatic rings. The minimum absolute atomic E-state index is 0.134. The molecule has 114 valence electrons. The number of hydrogen-bond donors (Lipinski definition) is 1. The van der Waals surface area contributed by atoms with Gasteiger partial charge in [-0.2, -0.15) is 5.10 Å². The maximum absolute atomic E-state index is 11.7. The average Bonchev–Trinajstić information content (AvgIpc) is 2.55. The number of ether oxygens (including phenoxy) is 1. The number of nitrogens with zero attached hydrogens (tertiary/aromatic N) is 1. The second kappa shape index (κ2) is 8.62. The van der Waals surface area contributed by atoms with Crippen molar-refractivity contribution in [1.82, 2.24) is 5.43 Å². The number of hydrazone groups is 1. The molecule has 0 spiro atoms. The zero-order chi connectivity index (χ0) is 15.6. The summed E-state index contributed by atoms with van der Waals surface area (Å²) in [6.07, 6.45) is 2.92. The van der Waals surface area contributed by atoms with Crippen molar-refractivity contribution < 1.29 is 9.53 Å². The highest BCUT2D eigenvalue weighted by Gasteiger charge is 2.00. The lowest BCUT2D eigenvalue weighted by Gasteiger charge is -2.04. The summed E-state index contributed by atoms with van der Waals surface area (Å²) in [5.41, 5.74) is 4.40. The summed E-state index contributed by atoms with van der Waals surface area (Å²) in [4.78, 5) is 11.7. The number of carbonyl (C=O) groups is 1. The molecular weight excluding hydrogens is 276 g/mol. The topological polar surface area (TPSA) is 50.7 Å². The molecular formula is C18H20N2O2. The van der Waals surface area contributed by atoms with Crippen molar-refractivity contribution in [3.8, 4) is 5.75 Å². The molecule has 0 aliphatic heterocycles. The maximum atomic E-state index is 11.7. The highest BCUT2D eigenvalue weighted by atomic mass is 16.5. The Kier molecular flexibility index (Phi) is 6.18. The lowest BCUT2D eigenvalue weighted by Crippen LogP contribution is -2.19. The van der Waals surface area contributed by atoms with E-state index in [0.717, 1.165) is 23.3 Å². The minimum Gasteiger partial charge on any atom is -0.494 e. The van der Waals surface area contributed by atoms with Crippen LogP contribution in [0.5, 0.6) is 5.75 Å². The molecule has 2 aromatic rings. The summed E-state index contributed by atoms with van der Waals surface area (Å²) < 4.78 is 5.50. The molecule has 0 saturated carbocycles. The molecule has 22 heavy (non-hydrogen) atoms. The third-order valence-electron chi connectivity index (χ3n) is 2.96. The summed E-state index contributed by atoms with van der Waals surface area (Å²) in [5, 5.41) is 3.96. The van der Waals surface area contributed by atoms with Crippen LogP contribution in [0.3, 0.4) is 0 Å². The molecule has 4 heteroatoms. The van der Waals surface area contributed by atoms with Gasteiger partial charge in [-0.15, -0.1) is 0 Å². The van der Waals surface area contributed by atoms with E-state index in [2.05, 4.69) is 17.5 Å². The largest absolute Gasteiger partial charge is 0.494 e. The van der Waals surface area contributed by atoms with E-state index >= 15 is 0 Å². The SMILES string of the molecule is CCCOc1ccc(/C=N/NC(=O)Cc2ccccc2)cc1. The van der Waals surface area contributed by atoms with E-state index in [1.54, 1.807) is 6.21 Å². The van der Waals surface area contributed by atoms with Gasteiger partial charge in [-0.3, -0.25) is 4.79 Å².